The summed E-state index contributed by atoms with van der Waals surface area (Å²) in [5.41, 5.74) is 7.96. The Hall–Kier alpha value is -1.84. The number of hydrazine groups is 1. The van der Waals surface area contributed by atoms with Crippen LogP contribution < -0.4 is 17.0 Å². The van der Waals surface area contributed by atoms with Crippen LogP contribution in [0.25, 0.3) is 0 Å². The minimum Gasteiger partial charge on any atom is -0.368 e. The zero-order valence-corrected chi connectivity index (χ0v) is 12.2. The number of rotatable bonds is 4. The Bertz CT molecular complexity index is 716. The van der Waals surface area contributed by atoms with Crippen LogP contribution in [0.15, 0.2) is 45.1 Å². The molecule has 0 aliphatic rings. The van der Waals surface area contributed by atoms with Crippen LogP contribution in [-0.2, 0) is 9.84 Å². The molecule has 1 aromatic heterocycles. The second-order valence-corrected chi connectivity index (χ2v) is 7.05. The highest BCUT2D eigenvalue weighted by molar-refractivity contribution is 7.99. The van der Waals surface area contributed by atoms with Crippen molar-refractivity contribution in [3.8, 4) is 0 Å². The van der Waals surface area contributed by atoms with Crippen molar-refractivity contribution in [3.05, 3.63) is 30.3 Å². The molecular formula is C11H13N5O2S2. The lowest BCUT2D eigenvalue weighted by atomic mass is 10.4. The number of nitrogens with two attached hydrogens (primary N) is 2. The molecule has 0 unspecified atom stereocenters. The second-order valence-electron chi connectivity index (χ2n) is 3.94. The first-order valence-electron chi connectivity index (χ1n) is 5.47. The minimum absolute atomic E-state index is 0.107. The first-order chi connectivity index (χ1) is 9.38. The summed E-state index contributed by atoms with van der Waals surface area (Å²) < 4.78 is 22.7. The van der Waals surface area contributed by atoms with Crippen LogP contribution in [0.4, 0.5) is 11.8 Å². The van der Waals surface area contributed by atoms with Crippen LogP contribution >= 0.6 is 11.8 Å². The zero-order chi connectivity index (χ0) is 14.8. The van der Waals surface area contributed by atoms with E-state index in [9.17, 15) is 8.42 Å². The highest BCUT2D eigenvalue weighted by Gasteiger charge is 2.08. The van der Waals surface area contributed by atoms with Gasteiger partial charge >= 0.3 is 0 Å². The maximum atomic E-state index is 11.4. The number of nitrogens with one attached hydrogen (secondary N) is 1. The van der Waals surface area contributed by atoms with E-state index in [0.717, 1.165) is 4.90 Å². The van der Waals surface area contributed by atoms with E-state index in [2.05, 4.69) is 15.4 Å². The Morgan fingerprint density at radius 2 is 1.85 bits per heavy atom. The number of anilines is 2. The van der Waals surface area contributed by atoms with Crippen LogP contribution in [0.5, 0.6) is 0 Å². The van der Waals surface area contributed by atoms with Crippen molar-refractivity contribution in [2.75, 3.05) is 17.4 Å². The lowest BCUT2D eigenvalue weighted by Gasteiger charge is -2.05. The number of hydrogen-bond donors (Lipinski definition) is 3. The molecule has 0 amide bonds. The lowest BCUT2D eigenvalue weighted by Crippen LogP contribution is -2.10. The predicted octanol–water partition coefficient (Wildman–Crippen LogP) is 0.899. The van der Waals surface area contributed by atoms with Crippen LogP contribution in [0.1, 0.15) is 0 Å². The smallest absolute Gasteiger partial charge is 0.223 e. The third-order valence-corrected chi connectivity index (χ3v) is 4.40. The van der Waals surface area contributed by atoms with Crippen molar-refractivity contribution in [1.82, 2.24) is 9.97 Å². The predicted molar refractivity (Wildman–Crippen MR) is 77.9 cm³/mol. The van der Waals surface area contributed by atoms with Crippen molar-refractivity contribution in [3.63, 3.8) is 0 Å². The molecule has 1 heterocycles. The summed E-state index contributed by atoms with van der Waals surface area (Å²) in [6.07, 6.45) is 1.17. The van der Waals surface area contributed by atoms with Crippen molar-refractivity contribution < 1.29 is 8.42 Å². The monoisotopic (exact) mass is 311 g/mol. The summed E-state index contributed by atoms with van der Waals surface area (Å²) in [5, 5.41) is 0.609. The summed E-state index contributed by atoms with van der Waals surface area (Å²) in [6, 6.07) is 8.14. The Morgan fingerprint density at radius 3 is 2.40 bits per heavy atom. The van der Waals surface area contributed by atoms with Gasteiger partial charge in [-0.25, -0.2) is 19.2 Å². The zero-order valence-electron chi connectivity index (χ0n) is 10.6. The van der Waals surface area contributed by atoms with Gasteiger partial charge in [0.15, 0.2) is 9.84 Å². The van der Waals surface area contributed by atoms with E-state index in [1.165, 1.54) is 18.0 Å². The molecule has 0 radical (unpaired) electrons. The summed E-state index contributed by atoms with van der Waals surface area (Å²) in [6.45, 7) is 0. The lowest BCUT2D eigenvalue weighted by molar-refractivity contribution is 0.602. The molecule has 1 aromatic carbocycles. The molecule has 0 saturated carbocycles. The summed E-state index contributed by atoms with van der Waals surface area (Å²) in [5.74, 6) is 5.79. The van der Waals surface area contributed by atoms with Gasteiger partial charge in [0.05, 0.1) is 4.90 Å². The molecule has 0 aliphatic carbocycles. The maximum absolute atomic E-state index is 11.4. The van der Waals surface area contributed by atoms with Gasteiger partial charge in [0, 0.05) is 17.2 Å². The molecule has 0 spiro atoms. The summed E-state index contributed by atoms with van der Waals surface area (Å²) >= 11 is 1.33. The molecule has 106 valence electrons. The fourth-order valence-electron chi connectivity index (χ4n) is 1.44. The van der Waals surface area contributed by atoms with Gasteiger partial charge in [-0.15, -0.1) is 0 Å². The standard InChI is InChI=1S/C11H13N5O2S2/c1-20(17,18)8-4-2-7(3-5-8)19-10-6-9(16-13)14-11(12)15-10/h2-6H,13H2,1H3,(H3,12,14,15,16). The van der Waals surface area contributed by atoms with E-state index in [1.54, 1.807) is 30.3 Å². The topological polar surface area (TPSA) is 124 Å². The van der Waals surface area contributed by atoms with Gasteiger partial charge in [-0.1, -0.05) is 11.8 Å². The molecule has 0 saturated heterocycles. The molecule has 9 heteroatoms. The van der Waals surface area contributed by atoms with E-state index in [1.807, 2.05) is 0 Å². The van der Waals surface area contributed by atoms with Gasteiger partial charge in [0.1, 0.15) is 10.8 Å². The van der Waals surface area contributed by atoms with Crippen molar-refractivity contribution in [1.29, 1.82) is 0 Å². The summed E-state index contributed by atoms with van der Waals surface area (Å²) in [4.78, 5) is 9.05. The normalized spacial score (nSPS) is 11.3. The van der Waals surface area contributed by atoms with Crippen LogP contribution in [-0.4, -0.2) is 24.6 Å². The molecule has 2 rings (SSSR count). The first kappa shape index (κ1) is 14.6. The van der Waals surface area contributed by atoms with Gasteiger partial charge in [0.2, 0.25) is 5.95 Å². The molecule has 20 heavy (non-hydrogen) atoms. The van der Waals surface area contributed by atoms with Crippen molar-refractivity contribution in [2.45, 2.75) is 14.8 Å². The molecule has 2 aromatic rings. The van der Waals surface area contributed by atoms with Gasteiger partial charge in [0.25, 0.3) is 0 Å². The van der Waals surface area contributed by atoms with E-state index >= 15 is 0 Å². The number of nitrogen functional groups attached to an aromatic ring is 2. The molecule has 0 aliphatic heterocycles. The fraction of sp³-hybridized carbons (Fsp3) is 0.0909. The van der Waals surface area contributed by atoms with E-state index in [-0.39, 0.29) is 10.8 Å². The second kappa shape index (κ2) is 5.65. The largest absolute Gasteiger partial charge is 0.368 e. The molecule has 5 N–H and O–H groups in total. The van der Waals surface area contributed by atoms with Gasteiger partial charge < -0.3 is 11.2 Å². The van der Waals surface area contributed by atoms with Crippen LogP contribution in [0.2, 0.25) is 0 Å². The Labute approximate surface area is 120 Å². The van der Waals surface area contributed by atoms with Gasteiger partial charge in [-0.05, 0) is 24.3 Å². The quantitative estimate of drug-likeness (QED) is 0.432. The third-order valence-electron chi connectivity index (χ3n) is 2.34. The highest BCUT2D eigenvalue weighted by Crippen LogP contribution is 2.28. The Morgan fingerprint density at radius 1 is 1.20 bits per heavy atom. The van der Waals surface area contributed by atoms with Crippen molar-refractivity contribution >= 4 is 33.4 Å². The van der Waals surface area contributed by atoms with Crippen LogP contribution in [0, 0.1) is 0 Å². The minimum atomic E-state index is -3.19. The van der Waals surface area contributed by atoms with E-state index < -0.39 is 9.84 Å². The van der Waals surface area contributed by atoms with E-state index in [0.29, 0.717) is 10.8 Å². The van der Waals surface area contributed by atoms with E-state index in [4.69, 9.17) is 11.6 Å². The number of aromatic nitrogens is 2. The van der Waals surface area contributed by atoms with Crippen molar-refractivity contribution in [2.24, 2.45) is 5.84 Å². The molecular weight excluding hydrogens is 298 g/mol. The van der Waals surface area contributed by atoms with Gasteiger partial charge in [-0.3, -0.25) is 0 Å². The fourth-order valence-corrected chi connectivity index (χ4v) is 2.90. The number of sulfone groups is 1. The maximum Gasteiger partial charge on any atom is 0.223 e. The van der Waals surface area contributed by atoms with Gasteiger partial charge in [-0.2, -0.15) is 4.98 Å². The SMILES string of the molecule is CS(=O)(=O)c1ccc(Sc2cc(NN)nc(N)n2)cc1. The molecule has 7 nitrogen and oxygen atoms in total. The Kier molecular flexibility index (Phi) is 4.12. The number of benzene rings is 1. The van der Waals surface area contributed by atoms with Crippen LogP contribution in [0.3, 0.4) is 0 Å². The number of nitrogens with zero attached hydrogens (tertiary/aromatic N) is 2. The average Bonchev–Trinajstić information content (AvgIpc) is 2.37. The highest BCUT2D eigenvalue weighted by atomic mass is 32.2. The average molecular weight is 311 g/mol. The first-order valence-corrected chi connectivity index (χ1v) is 8.18. The molecule has 0 bridgehead atoms. The molecule has 0 atom stereocenters. The number of hydrogen-bond acceptors (Lipinski definition) is 8. The third kappa shape index (κ3) is 3.59. The Balaban J connectivity index is 2.24. The summed E-state index contributed by atoms with van der Waals surface area (Å²) in [7, 11) is -3.19. The molecule has 0 fully saturated rings.